The molecule has 1 unspecified atom stereocenters. The first-order valence-corrected chi connectivity index (χ1v) is 22.9. The summed E-state index contributed by atoms with van der Waals surface area (Å²) in [6, 6.07) is 5.26. The highest BCUT2D eigenvalue weighted by Gasteiger charge is 2.55. The van der Waals surface area contributed by atoms with Crippen molar-refractivity contribution in [3.05, 3.63) is 51.8 Å². The number of ketones is 1. The van der Waals surface area contributed by atoms with Gasteiger partial charge in [-0.2, -0.15) is 0 Å². The summed E-state index contributed by atoms with van der Waals surface area (Å²) in [7, 11) is 1.88. The lowest BCUT2D eigenvalue weighted by Crippen LogP contribution is -2.59. The van der Waals surface area contributed by atoms with Crippen molar-refractivity contribution in [2.75, 3.05) is 39.9 Å². The van der Waals surface area contributed by atoms with Crippen LogP contribution in [0.3, 0.4) is 0 Å². The SMILES string of the molecule is CC[C@H]1OC(=O)[C@H](C)C(=O)[C@H](C)[C@@H](O[C@@H]2O[C@H](C)C[C@H](N(C)CCc3cn(C(CO)Cc4ccc([N+](=O)[O-])cc4)nn3)[C@H]2O)[C@@]2(C)C[C@@H](CO2)/C(=N\O[C@@H]2CCNC2)[C@H](C)[C@@H](O)[C@]1(C)O. The fraction of sp³-hybridized carbons (Fsp3) is 0.756. The molecule has 4 aliphatic rings. The second-order valence-corrected chi connectivity index (χ2v) is 19.0. The monoisotopic (exact) mass is 915 g/mol. The van der Waals surface area contributed by atoms with Gasteiger partial charge in [0, 0.05) is 68.1 Å². The highest BCUT2D eigenvalue weighted by molar-refractivity contribution is 6.00. The molecular weight excluding hydrogens is 847 g/mol. The zero-order valence-electron chi connectivity index (χ0n) is 38.8. The van der Waals surface area contributed by atoms with E-state index in [9.17, 15) is 40.1 Å². The third-order valence-electron chi connectivity index (χ3n) is 14.1. The molecule has 2 bridgehead atoms. The Morgan fingerprint density at radius 2 is 1.86 bits per heavy atom. The number of nitro groups is 1. The van der Waals surface area contributed by atoms with Crippen molar-refractivity contribution in [3.8, 4) is 0 Å². The van der Waals surface area contributed by atoms with Gasteiger partial charge in [0.25, 0.3) is 5.69 Å². The van der Waals surface area contributed by atoms with Crippen molar-refractivity contribution < 1.29 is 58.7 Å². The van der Waals surface area contributed by atoms with Gasteiger partial charge in [0.05, 0.1) is 59.5 Å². The molecule has 4 aliphatic heterocycles. The van der Waals surface area contributed by atoms with Crippen LogP contribution in [0.1, 0.15) is 91.4 Å². The zero-order chi connectivity index (χ0) is 47.4. The van der Waals surface area contributed by atoms with Crippen molar-refractivity contribution in [2.24, 2.45) is 28.8 Å². The molecule has 1 aromatic carbocycles. The van der Waals surface area contributed by atoms with Crippen molar-refractivity contribution in [2.45, 2.75) is 153 Å². The maximum atomic E-state index is 14.4. The first-order chi connectivity index (χ1) is 30.8. The minimum atomic E-state index is -1.92. The quantitative estimate of drug-likeness (QED) is 0.0787. The Labute approximate surface area is 380 Å². The van der Waals surface area contributed by atoms with Crippen molar-refractivity contribution >= 4 is 23.2 Å². The number of likely N-dealkylation sites (N-methyl/N-ethyl adjacent to an activating group) is 1. The number of carbonyl (C=O) groups excluding carboxylic acids is 2. The molecule has 0 saturated carbocycles. The maximum absolute atomic E-state index is 14.4. The predicted octanol–water partition coefficient (Wildman–Crippen LogP) is 2.14. The minimum absolute atomic E-state index is 0.0180. The molecule has 20 heteroatoms. The number of hydrogen-bond acceptors (Lipinski definition) is 18. The average molecular weight is 916 g/mol. The highest BCUT2D eigenvalue weighted by Crippen LogP contribution is 2.43. The van der Waals surface area contributed by atoms with E-state index < -0.39 is 94.3 Å². The zero-order valence-corrected chi connectivity index (χ0v) is 38.8. The van der Waals surface area contributed by atoms with Gasteiger partial charge in [-0.15, -0.1) is 5.10 Å². The third kappa shape index (κ3) is 11.4. The Hall–Kier alpha value is -3.99. The summed E-state index contributed by atoms with van der Waals surface area (Å²) in [6.45, 7) is 13.4. The molecule has 15 atom stereocenters. The number of non-ortho nitro benzene ring substituents is 1. The maximum Gasteiger partial charge on any atom is 0.316 e. The number of aliphatic hydroxyl groups excluding tert-OH is 3. The minimum Gasteiger partial charge on any atom is -0.459 e. The number of nitrogens with zero attached hydrogens (tertiary/aromatic N) is 6. The van der Waals surface area contributed by atoms with Crippen LogP contribution in [-0.4, -0.2) is 163 Å². The summed E-state index contributed by atoms with van der Waals surface area (Å²) in [5.74, 6) is -4.79. The number of esters is 1. The van der Waals surface area contributed by atoms with Crippen molar-refractivity contribution in [1.29, 1.82) is 0 Å². The molecule has 4 saturated heterocycles. The molecule has 5 heterocycles. The van der Waals surface area contributed by atoms with Gasteiger partial charge in [-0.25, -0.2) is 4.68 Å². The van der Waals surface area contributed by atoms with Gasteiger partial charge in [0.15, 0.2) is 12.1 Å². The second kappa shape index (κ2) is 21.3. The molecule has 65 heavy (non-hydrogen) atoms. The molecule has 20 nitrogen and oxygen atoms in total. The number of aromatic nitrogens is 3. The average Bonchev–Trinajstić information content (AvgIpc) is 4.08. The van der Waals surface area contributed by atoms with Gasteiger partial charge in [-0.1, -0.05) is 43.3 Å². The van der Waals surface area contributed by atoms with Gasteiger partial charge in [-0.3, -0.25) is 19.7 Å². The number of carbonyl (C=O) groups is 2. The van der Waals surface area contributed by atoms with E-state index in [-0.39, 0.29) is 44.0 Å². The summed E-state index contributed by atoms with van der Waals surface area (Å²) in [4.78, 5) is 46.7. The van der Waals surface area contributed by atoms with Gasteiger partial charge < -0.3 is 54.4 Å². The Morgan fingerprint density at radius 3 is 2.51 bits per heavy atom. The molecule has 362 valence electrons. The van der Waals surface area contributed by atoms with Crippen LogP contribution in [0.2, 0.25) is 0 Å². The largest absolute Gasteiger partial charge is 0.459 e. The van der Waals surface area contributed by atoms with E-state index in [1.807, 2.05) is 25.8 Å². The number of aliphatic hydroxyl groups is 4. The molecule has 0 aliphatic carbocycles. The van der Waals surface area contributed by atoms with E-state index in [0.29, 0.717) is 43.8 Å². The van der Waals surface area contributed by atoms with Crippen molar-refractivity contribution in [1.82, 2.24) is 25.2 Å². The molecular formula is C45H69N7O13. The number of ether oxygens (including phenoxy) is 4. The van der Waals surface area contributed by atoms with Crippen LogP contribution in [0, 0.1) is 33.8 Å². The van der Waals surface area contributed by atoms with Crippen LogP contribution >= 0.6 is 0 Å². The van der Waals surface area contributed by atoms with Crippen LogP contribution < -0.4 is 5.32 Å². The molecule has 0 amide bonds. The van der Waals surface area contributed by atoms with Gasteiger partial charge in [0.1, 0.15) is 29.8 Å². The lowest BCUT2D eigenvalue weighted by atomic mass is 9.75. The van der Waals surface area contributed by atoms with Gasteiger partial charge >= 0.3 is 5.97 Å². The summed E-state index contributed by atoms with van der Waals surface area (Å²) < 4.78 is 27.1. The molecule has 1 aromatic heterocycles. The number of rotatable bonds is 14. The number of Topliss-reactive ketones (excluding diaryl/α,β-unsaturated/α-hetero) is 1. The number of nitrogens with one attached hydrogen (secondary N) is 1. The molecule has 0 spiro atoms. The number of cyclic esters (lactones) is 1. The van der Waals surface area contributed by atoms with E-state index in [0.717, 1.165) is 18.5 Å². The van der Waals surface area contributed by atoms with Crippen LogP contribution in [0.4, 0.5) is 5.69 Å². The molecule has 0 radical (unpaired) electrons. The summed E-state index contributed by atoms with van der Waals surface area (Å²) in [5, 5.41) is 73.4. The number of fused-ring (bicyclic) bond motifs is 2. The summed E-state index contributed by atoms with van der Waals surface area (Å²) >= 11 is 0. The van der Waals surface area contributed by atoms with E-state index in [1.54, 1.807) is 43.8 Å². The standard InChI is InChI=1S/C45H69N7O13/c1-9-36-45(7,58)40(56)26(3)37(48-65-34-14-16-46-21-34)30-20-44(6,61-24-30)41(27(4)38(54)28(5)42(57)63-36)64-43-39(55)35(18-25(2)62-43)50(8)17-15-31-22-51(49-47-31)33(23-53)19-29-10-12-32(13-11-29)52(59)60/h10-13,22,25-28,30,33-36,39-41,43,46,53,55-56,58H,9,14-21,23-24H2,1-8H3/b48-37-/t25-,26+,27+,28-,30+,33?,34-,35+,36-,39-,40-,41-,43+,44-,45-/m1/s1. The summed E-state index contributed by atoms with van der Waals surface area (Å²) in [5.41, 5.74) is -1.21. The van der Waals surface area contributed by atoms with E-state index in [4.69, 9.17) is 23.8 Å². The molecule has 5 N–H and O–H groups in total. The molecule has 2 aromatic rings. The van der Waals surface area contributed by atoms with Crippen LogP contribution in [-0.2, 0) is 46.2 Å². The fourth-order valence-corrected chi connectivity index (χ4v) is 9.89. The normalized spacial score (nSPS) is 37.3. The van der Waals surface area contributed by atoms with Crippen LogP contribution in [0.5, 0.6) is 0 Å². The number of oxime groups is 1. The molecule has 4 fully saturated rings. The Balaban J connectivity index is 1.21. The van der Waals surface area contributed by atoms with Crippen LogP contribution in [0.25, 0.3) is 0 Å². The third-order valence-corrected chi connectivity index (χ3v) is 14.1. The Morgan fingerprint density at radius 1 is 1.14 bits per heavy atom. The topological polar surface area (TPSA) is 263 Å². The first-order valence-electron chi connectivity index (χ1n) is 22.9. The number of benzene rings is 1. The Kier molecular flexibility index (Phi) is 16.5. The smallest absolute Gasteiger partial charge is 0.316 e. The van der Waals surface area contributed by atoms with Gasteiger partial charge in [-0.05, 0) is 72.5 Å². The second-order valence-electron chi connectivity index (χ2n) is 19.0. The van der Waals surface area contributed by atoms with E-state index in [1.165, 1.54) is 26.0 Å². The van der Waals surface area contributed by atoms with Crippen LogP contribution in [0.15, 0.2) is 35.6 Å². The summed E-state index contributed by atoms with van der Waals surface area (Å²) in [6.07, 6.45) is -2.36. The molecule has 6 rings (SSSR count). The number of hydrogen-bond donors (Lipinski definition) is 5. The first kappa shape index (κ1) is 50.4. The fourth-order valence-electron chi connectivity index (χ4n) is 9.89. The lowest BCUT2D eigenvalue weighted by molar-refractivity contribution is -0.384. The van der Waals surface area contributed by atoms with Crippen molar-refractivity contribution in [3.63, 3.8) is 0 Å². The highest BCUT2D eigenvalue weighted by atomic mass is 16.7. The van der Waals surface area contributed by atoms with Gasteiger partial charge in [0.2, 0.25) is 0 Å². The lowest BCUT2D eigenvalue weighted by Gasteiger charge is -2.46. The van der Waals surface area contributed by atoms with E-state index >= 15 is 0 Å². The Bertz CT molecular complexity index is 1960. The predicted molar refractivity (Wildman–Crippen MR) is 234 cm³/mol. The number of nitro benzene ring substituents is 1. The van der Waals surface area contributed by atoms with E-state index in [2.05, 4.69) is 20.8 Å².